The Balaban J connectivity index is 2.70. The number of rotatable bonds is 2. The largest absolute Gasteiger partial charge is 0.465 e. The van der Waals surface area contributed by atoms with Crippen LogP contribution in [0.5, 0.6) is 5.88 Å². The maximum atomic E-state index is 12.1. The standard InChI is InChI=1S/C7H6BrF3N2O/c1-4(7(9,10)11)14-6-2-5(8)12-3-13-6/h2-4H,1H3/t4-/m1/s1. The zero-order valence-corrected chi connectivity index (χ0v) is 8.63. The molecule has 0 amide bonds. The molecule has 14 heavy (non-hydrogen) atoms. The highest BCUT2D eigenvalue weighted by molar-refractivity contribution is 9.10. The Kier molecular flexibility index (Phi) is 3.30. The minimum atomic E-state index is -4.39. The van der Waals surface area contributed by atoms with Crippen LogP contribution in [0.3, 0.4) is 0 Å². The molecule has 0 aliphatic heterocycles. The maximum absolute atomic E-state index is 12.1. The second-order valence-electron chi connectivity index (χ2n) is 2.48. The van der Waals surface area contributed by atoms with Gasteiger partial charge in [-0.2, -0.15) is 13.2 Å². The summed E-state index contributed by atoms with van der Waals surface area (Å²) in [6, 6.07) is 1.27. The average molecular weight is 271 g/mol. The van der Waals surface area contributed by atoms with Gasteiger partial charge in [-0.05, 0) is 22.9 Å². The third-order valence-electron chi connectivity index (χ3n) is 1.37. The summed E-state index contributed by atoms with van der Waals surface area (Å²) in [4.78, 5) is 7.18. The van der Waals surface area contributed by atoms with Crippen molar-refractivity contribution in [3.63, 3.8) is 0 Å². The highest BCUT2D eigenvalue weighted by Gasteiger charge is 2.38. The Morgan fingerprint density at radius 1 is 1.43 bits per heavy atom. The van der Waals surface area contributed by atoms with E-state index in [9.17, 15) is 13.2 Å². The second kappa shape index (κ2) is 4.12. The van der Waals surface area contributed by atoms with Gasteiger partial charge in [-0.3, -0.25) is 0 Å². The van der Waals surface area contributed by atoms with E-state index in [1.165, 1.54) is 6.07 Å². The summed E-state index contributed by atoms with van der Waals surface area (Å²) in [5.41, 5.74) is 0. The number of ether oxygens (including phenoxy) is 1. The van der Waals surface area contributed by atoms with Gasteiger partial charge in [0.05, 0.1) is 0 Å². The van der Waals surface area contributed by atoms with Gasteiger partial charge in [0, 0.05) is 6.07 Å². The fourth-order valence-corrected chi connectivity index (χ4v) is 0.917. The summed E-state index contributed by atoms with van der Waals surface area (Å²) in [6.45, 7) is 0.913. The van der Waals surface area contributed by atoms with Gasteiger partial charge in [0.15, 0.2) is 6.10 Å². The van der Waals surface area contributed by atoms with Crippen LogP contribution in [0.1, 0.15) is 6.92 Å². The first kappa shape index (κ1) is 11.2. The minimum absolute atomic E-state index is 0.114. The Morgan fingerprint density at radius 3 is 2.57 bits per heavy atom. The van der Waals surface area contributed by atoms with Gasteiger partial charge in [0.2, 0.25) is 5.88 Å². The van der Waals surface area contributed by atoms with Crippen LogP contribution in [0.4, 0.5) is 13.2 Å². The zero-order valence-electron chi connectivity index (χ0n) is 7.05. The van der Waals surface area contributed by atoms with Gasteiger partial charge in [-0.15, -0.1) is 0 Å². The van der Waals surface area contributed by atoms with Crippen LogP contribution in [0.2, 0.25) is 0 Å². The summed E-state index contributed by atoms with van der Waals surface area (Å²) in [5.74, 6) is -0.114. The van der Waals surface area contributed by atoms with Crippen molar-refractivity contribution in [2.24, 2.45) is 0 Å². The molecular weight excluding hydrogens is 265 g/mol. The monoisotopic (exact) mass is 270 g/mol. The van der Waals surface area contributed by atoms with Gasteiger partial charge >= 0.3 is 6.18 Å². The van der Waals surface area contributed by atoms with Gasteiger partial charge in [-0.1, -0.05) is 0 Å². The maximum Gasteiger partial charge on any atom is 0.425 e. The normalized spacial score (nSPS) is 13.8. The molecule has 0 aliphatic carbocycles. The van der Waals surface area contributed by atoms with E-state index in [1.807, 2.05) is 0 Å². The topological polar surface area (TPSA) is 35.0 Å². The van der Waals surface area contributed by atoms with Crippen molar-refractivity contribution in [1.29, 1.82) is 0 Å². The summed E-state index contributed by atoms with van der Waals surface area (Å²) in [6.07, 6.45) is -5.16. The van der Waals surface area contributed by atoms with Crippen molar-refractivity contribution in [2.45, 2.75) is 19.2 Å². The first-order valence-corrected chi connectivity index (χ1v) is 4.40. The lowest BCUT2D eigenvalue weighted by Crippen LogP contribution is -2.31. The van der Waals surface area contributed by atoms with Gasteiger partial charge < -0.3 is 4.74 Å². The lowest BCUT2D eigenvalue weighted by atomic mass is 10.4. The van der Waals surface area contributed by atoms with E-state index >= 15 is 0 Å². The van der Waals surface area contributed by atoms with E-state index in [4.69, 9.17) is 0 Å². The van der Waals surface area contributed by atoms with Gasteiger partial charge in [-0.25, -0.2) is 9.97 Å². The lowest BCUT2D eigenvalue weighted by molar-refractivity contribution is -0.190. The van der Waals surface area contributed by atoms with Crippen molar-refractivity contribution in [2.75, 3.05) is 0 Å². The molecule has 0 spiro atoms. The van der Waals surface area contributed by atoms with Crippen molar-refractivity contribution < 1.29 is 17.9 Å². The van der Waals surface area contributed by atoms with Crippen molar-refractivity contribution >= 4 is 15.9 Å². The molecule has 78 valence electrons. The fraction of sp³-hybridized carbons (Fsp3) is 0.429. The van der Waals surface area contributed by atoms with Crippen LogP contribution in [-0.2, 0) is 0 Å². The van der Waals surface area contributed by atoms with E-state index in [0.29, 0.717) is 4.60 Å². The molecule has 0 N–H and O–H groups in total. The lowest BCUT2D eigenvalue weighted by Gasteiger charge is -2.16. The smallest absolute Gasteiger partial charge is 0.425 e. The fourth-order valence-electron chi connectivity index (χ4n) is 0.630. The Labute approximate surface area is 86.4 Å². The van der Waals surface area contributed by atoms with E-state index in [2.05, 4.69) is 30.6 Å². The molecule has 0 saturated carbocycles. The van der Waals surface area contributed by atoms with E-state index in [-0.39, 0.29) is 5.88 Å². The highest BCUT2D eigenvalue weighted by Crippen LogP contribution is 2.24. The molecule has 0 bridgehead atoms. The van der Waals surface area contributed by atoms with Crippen LogP contribution in [0.15, 0.2) is 17.0 Å². The van der Waals surface area contributed by atoms with Gasteiger partial charge in [0.1, 0.15) is 10.9 Å². The first-order chi connectivity index (χ1) is 6.39. The number of hydrogen-bond acceptors (Lipinski definition) is 3. The molecule has 0 radical (unpaired) electrons. The number of hydrogen-bond donors (Lipinski definition) is 0. The predicted octanol–water partition coefficient (Wildman–Crippen LogP) is 2.57. The Bertz CT molecular complexity index is 318. The molecule has 0 aliphatic rings. The second-order valence-corrected chi connectivity index (χ2v) is 3.29. The molecular formula is C7H6BrF3N2O. The number of alkyl halides is 3. The van der Waals surface area contributed by atoms with Crippen LogP contribution in [0.25, 0.3) is 0 Å². The van der Waals surface area contributed by atoms with E-state index in [0.717, 1.165) is 13.3 Å². The molecule has 1 heterocycles. The van der Waals surface area contributed by atoms with E-state index in [1.54, 1.807) is 0 Å². The Hall–Kier alpha value is -0.850. The quantitative estimate of drug-likeness (QED) is 0.775. The molecule has 1 aromatic heterocycles. The first-order valence-electron chi connectivity index (χ1n) is 3.60. The van der Waals surface area contributed by atoms with Crippen molar-refractivity contribution in [3.8, 4) is 5.88 Å². The molecule has 0 fully saturated rings. The SMILES string of the molecule is C[C@@H](Oc1cc(Br)ncn1)C(F)(F)F. The zero-order chi connectivity index (χ0) is 10.8. The third-order valence-corrected chi connectivity index (χ3v) is 1.80. The molecule has 0 saturated heterocycles. The number of nitrogens with zero attached hydrogens (tertiary/aromatic N) is 2. The van der Waals surface area contributed by atoms with Crippen LogP contribution in [-0.4, -0.2) is 22.2 Å². The Morgan fingerprint density at radius 2 is 2.07 bits per heavy atom. The molecule has 3 nitrogen and oxygen atoms in total. The molecule has 0 unspecified atom stereocenters. The molecule has 1 rings (SSSR count). The summed E-state index contributed by atoms with van der Waals surface area (Å²) < 4.78 is 41.1. The number of halogens is 4. The van der Waals surface area contributed by atoms with Crippen LogP contribution >= 0.6 is 15.9 Å². The predicted molar refractivity (Wildman–Crippen MR) is 45.9 cm³/mol. The summed E-state index contributed by atoms with van der Waals surface area (Å²) >= 11 is 2.99. The summed E-state index contributed by atoms with van der Waals surface area (Å²) in [7, 11) is 0. The molecule has 0 aromatic carbocycles. The van der Waals surface area contributed by atoms with Crippen molar-refractivity contribution in [3.05, 3.63) is 17.0 Å². The summed E-state index contributed by atoms with van der Waals surface area (Å²) in [5, 5.41) is 0. The van der Waals surface area contributed by atoms with Gasteiger partial charge in [0.25, 0.3) is 0 Å². The van der Waals surface area contributed by atoms with Crippen molar-refractivity contribution in [1.82, 2.24) is 9.97 Å². The highest BCUT2D eigenvalue weighted by atomic mass is 79.9. The van der Waals surface area contributed by atoms with Crippen LogP contribution in [0, 0.1) is 0 Å². The molecule has 1 atom stereocenters. The van der Waals surface area contributed by atoms with E-state index < -0.39 is 12.3 Å². The number of aromatic nitrogens is 2. The van der Waals surface area contributed by atoms with Crippen LogP contribution < -0.4 is 4.74 Å². The molecule has 7 heteroatoms. The minimum Gasteiger partial charge on any atom is -0.465 e. The average Bonchev–Trinajstić information content (AvgIpc) is 2.02. The third kappa shape index (κ3) is 3.13. The molecule has 1 aromatic rings.